The van der Waals surface area contributed by atoms with Gasteiger partial charge in [-0.15, -0.1) is 0 Å². The molecular formula is C23H21N3O2. The number of anilines is 1. The monoisotopic (exact) mass is 371 g/mol. The molecule has 28 heavy (non-hydrogen) atoms. The van der Waals surface area contributed by atoms with Crippen molar-refractivity contribution in [1.29, 1.82) is 0 Å². The lowest BCUT2D eigenvalue weighted by atomic mass is 10.0. The average molecular weight is 371 g/mol. The molecule has 4 N–H and O–H groups in total. The molecule has 3 amide bonds. The van der Waals surface area contributed by atoms with E-state index >= 15 is 0 Å². The average Bonchev–Trinajstić information content (AvgIpc) is 3.06. The van der Waals surface area contributed by atoms with Crippen LogP contribution in [0.25, 0.3) is 11.1 Å². The Balaban J connectivity index is 1.50. The van der Waals surface area contributed by atoms with Crippen molar-refractivity contribution in [2.45, 2.75) is 18.9 Å². The number of hydrogen-bond donors (Lipinski definition) is 3. The van der Waals surface area contributed by atoms with Gasteiger partial charge in [-0.25, -0.2) is 4.79 Å². The summed E-state index contributed by atoms with van der Waals surface area (Å²) in [5.74, 6) is -0.186. The van der Waals surface area contributed by atoms with E-state index in [-0.39, 0.29) is 12.3 Å². The summed E-state index contributed by atoms with van der Waals surface area (Å²) < 4.78 is 0. The van der Waals surface area contributed by atoms with Crippen LogP contribution < -0.4 is 16.4 Å². The van der Waals surface area contributed by atoms with Crippen LogP contribution in [0.1, 0.15) is 29.2 Å². The van der Waals surface area contributed by atoms with Crippen molar-refractivity contribution in [3.63, 3.8) is 0 Å². The Morgan fingerprint density at radius 3 is 2.39 bits per heavy atom. The van der Waals surface area contributed by atoms with Gasteiger partial charge < -0.3 is 16.4 Å². The first-order valence-electron chi connectivity index (χ1n) is 9.22. The molecule has 1 aliphatic carbocycles. The Morgan fingerprint density at radius 2 is 1.61 bits per heavy atom. The minimum absolute atomic E-state index is 0.0978. The first-order valence-corrected chi connectivity index (χ1v) is 9.22. The minimum atomic E-state index is -0.657. The van der Waals surface area contributed by atoms with E-state index in [9.17, 15) is 9.59 Å². The molecule has 0 radical (unpaired) electrons. The molecular weight excluding hydrogens is 350 g/mol. The zero-order chi connectivity index (χ0) is 19.5. The van der Waals surface area contributed by atoms with Crippen molar-refractivity contribution in [3.05, 3.63) is 89.5 Å². The molecule has 0 saturated heterocycles. The Labute approximate surface area is 163 Å². The largest absolute Gasteiger partial charge is 0.352 e. The van der Waals surface area contributed by atoms with Crippen LogP contribution in [0, 0.1) is 0 Å². The maximum absolute atomic E-state index is 12.6. The van der Waals surface area contributed by atoms with E-state index in [0.29, 0.717) is 0 Å². The van der Waals surface area contributed by atoms with Gasteiger partial charge in [0.1, 0.15) is 0 Å². The van der Waals surface area contributed by atoms with Crippen LogP contribution >= 0.6 is 0 Å². The third-order valence-corrected chi connectivity index (χ3v) is 4.99. The number of carbonyl (C=O) groups excluding carboxylic acids is 2. The van der Waals surface area contributed by atoms with E-state index in [0.717, 1.165) is 23.2 Å². The number of urea groups is 1. The first-order chi connectivity index (χ1) is 13.6. The summed E-state index contributed by atoms with van der Waals surface area (Å²) in [5.41, 5.74) is 11.8. The molecule has 3 aromatic rings. The van der Waals surface area contributed by atoms with Gasteiger partial charge in [0.2, 0.25) is 5.91 Å². The van der Waals surface area contributed by atoms with Crippen molar-refractivity contribution in [3.8, 4) is 11.1 Å². The standard InChI is InChI=1S/C23H21N3O2/c24-23(28)26-21(15-6-2-1-3-7-15)14-22(27)25-18-11-10-17-12-16-8-4-5-9-19(16)20(17)13-18/h1-11,13,21H,12,14H2,(H,25,27)(H3,24,26,28). The number of nitrogens with two attached hydrogens (primary N) is 1. The van der Waals surface area contributed by atoms with Gasteiger partial charge in [-0.3, -0.25) is 4.79 Å². The number of rotatable bonds is 5. The number of primary amides is 1. The number of hydrogen-bond acceptors (Lipinski definition) is 2. The van der Waals surface area contributed by atoms with Gasteiger partial charge in [0, 0.05) is 5.69 Å². The maximum atomic E-state index is 12.6. The molecule has 0 aromatic heterocycles. The highest BCUT2D eigenvalue weighted by Crippen LogP contribution is 2.37. The van der Waals surface area contributed by atoms with E-state index in [1.807, 2.05) is 54.6 Å². The summed E-state index contributed by atoms with van der Waals surface area (Å²) in [6.07, 6.45) is 1.01. The fourth-order valence-corrected chi connectivity index (χ4v) is 3.71. The van der Waals surface area contributed by atoms with Crippen LogP contribution in [0.15, 0.2) is 72.8 Å². The van der Waals surface area contributed by atoms with Gasteiger partial charge in [-0.2, -0.15) is 0 Å². The second kappa shape index (κ2) is 7.56. The fourth-order valence-electron chi connectivity index (χ4n) is 3.71. The van der Waals surface area contributed by atoms with Crippen LogP contribution in [0.3, 0.4) is 0 Å². The summed E-state index contributed by atoms with van der Waals surface area (Å²) in [6.45, 7) is 0. The zero-order valence-electron chi connectivity index (χ0n) is 15.3. The SMILES string of the molecule is NC(=O)NC(CC(=O)Nc1ccc2c(c1)-c1ccccc1C2)c1ccccc1. The number of amides is 3. The number of benzene rings is 3. The topological polar surface area (TPSA) is 84.2 Å². The molecule has 0 heterocycles. The molecule has 5 heteroatoms. The molecule has 5 nitrogen and oxygen atoms in total. The lowest BCUT2D eigenvalue weighted by molar-refractivity contribution is -0.116. The zero-order valence-corrected chi connectivity index (χ0v) is 15.3. The molecule has 4 rings (SSSR count). The van der Waals surface area contributed by atoms with E-state index in [1.165, 1.54) is 16.7 Å². The molecule has 0 spiro atoms. The maximum Gasteiger partial charge on any atom is 0.312 e. The van der Waals surface area contributed by atoms with Gasteiger partial charge in [0.05, 0.1) is 12.5 Å². The van der Waals surface area contributed by atoms with Gasteiger partial charge in [-0.1, -0.05) is 60.7 Å². The van der Waals surface area contributed by atoms with Crippen LogP contribution in [0.2, 0.25) is 0 Å². The number of fused-ring (bicyclic) bond motifs is 3. The van der Waals surface area contributed by atoms with Crippen molar-refractivity contribution >= 4 is 17.6 Å². The third kappa shape index (κ3) is 3.74. The first kappa shape index (κ1) is 17.8. The summed E-state index contributed by atoms with van der Waals surface area (Å²) >= 11 is 0. The summed E-state index contributed by atoms with van der Waals surface area (Å²) in [6, 6.07) is 22.5. The Bertz CT molecular complexity index is 1030. The van der Waals surface area contributed by atoms with Gasteiger partial charge in [-0.05, 0) is 46.4 Å². The Hall–Kier alpha value is -3.60. The van der Waals surface area contributed by atoms with Crippen LogP contribution in [0.5, 0.6) is 0 Å². The quantitative estimate of drug-likeness (QED) is 0.495. The van der Waals surface area contributed by atoms with E-state index in [4.69, 9.17) is 5.73 Å². The Kier molecular flexibility index (Phi) is 4.81. The molecule has 140 valence electrons. The van der Waals surface area contributed by atoms with Crippen molar-refractivity contribution in [2.24, 2.45) is 5.73 Å². The molecule has 1 atom stereocenters. The molecule has 0 aliphatic heterocycles. The lowest BCUT2D eigenvalue weighted by Crippen LogP contribution is -2.35. The normalized spacial score (nSPS) is 12.6. The van der Waals surface area contributed by atoms with Crippen LogP contribution in [-0.2, 0) is 11.2 Å². The van der Waals surface area contributed by atoms with Crippen LogP contribution in [-0.4, -0.2) is 11.9 Å². The predicted octanol–water partition coefficient (Wildman–Crippen LogP) is 4.00. The minimum Gasteiger partial charge on any atom is -0.352 e. The van der Waals surface area contributed by atoms with Gasteiger partial charge in [0.15, 0.2) is 0 Å². The molecule has 0 saturated carbocycles. The Morgan fingerprint density at radius 1 is 0.893 bits per heavy atom. The highest BCUT2D eigenvalue weighted by Gasteiger charge is 2.20. The molecule has 1 aliphatic rings. The molecule has 0 bridgehead atoms. The van der Waals surface area contributed by atoms with E-state index in [1.54, 1.807) is 0 Å². The van der Waals surface area contributed by atoms with E-state index < -0.39 is 12.1 Å². The predicted molar refractivity (Wildman–Crippen MR) is 110 cm³/mol. The third-order valence-electron chi connectivity index (χ3n) is 4.99. The molecule has 3 aromatic carbocycles. The highest BCUT2D eigenvalue weighted by atomic mass is 16.2. The molecule has 0 fully saturated rings. The second-order valence-electron chi connectivity index (χ2n) is 6.93. The summed E-state index contributed by atoms with van der Waals surface area (Å²) in [5, 5.41) is 5.59. The van der Waals surface area contributed by atoms with Crippen LogP contribution in [0.4, 0.5) is 10.5 Å². The second-order valence-corrected chi connectivity index (χ2v) is 6.93. The van der Waals surface area contributed by atoms with Gasteiger partial charge >= 0.3 is 6.03 Å². The summed E-state index contributed by atoms with van der Waals surface area (Å²) in [4.78, 5) is 24.0. The summed E-state index contributed by atoms with van der Waals surface area (Å²) in [7, 11) is 0. The number of carbonyl (C=O) groups is 2. The fraction of sp³-hybridized carbons (Fsp3) is 0.130. The highest BCUT2D eigenvalue weighted by molar-refractivity contribution is 5.93. The van der Waals surface area contributed by atoms with E-state index in [2.05, 4.69) is 28.8 Å². The smallest absolute Gasteiger partial charge is 0.312 e. The van der Waals surface area contributed by atoms with Gasteiger partial charge in [0.25, 0.3) is 0 Å². The molecule has 1 unspecified atom stereocenters. The van der Waals surface area contributed by atoms with Crippen molar-refractivity contribution < 1.29 is 9.59 Å². The van der Waals surface area contributed by atoms with Crippen molar-refractivity contribution in [1.82, 2.24) is 5.32 Å². The lowest BCUT2D eigenvalue weighted by Gasteiger charge is -2.18. The number of nitrogens with one attached hydrogen (secondary N) is 2. The van der Waals surface area contributed by atoms with Crippen molar-refractivity contribution in [2.75, 3.05) is 5.32 Å².